The fourth-order valence-electron chi connectivity index (χ4n) is 3.51. The topological polar surface area (TPSA) is 82.9 Å². The number of pyridine rings is 2. The van der Waals surface area contributed by atoms with Gasteiger partial charge in [0.25, 0.3) is 0 Å². The summed E-state index contributed by atoms with van der Waals surface area (Å²) in [7, 11) is 0. The number of hydrogen-bond acceptors (Lipinski definition) is 6. The molecule has 9 heteroatoms. The number of halogens is 3. The van der Waals surface area contributed by atoms with Crippen molar-refractivity contribution in [3.63, 3.8) is 0 Å². The van der Waals surface area contributed by atoms with Gasteiger partial charge in [0.15, 0.2) is 0 Å². The molecule has 0 bridgehead atoms. The summed E-state index contributed by atoms with van der Waals surface area (Å²) in [5.74, 6) is 1.29. The lowest BCUT2D eigenvalue weighted by Crippen LogP contribution is -2.18. The average molecular weight is 425 g/mol. The molecule has 0 aliphatic carbocycles. The maximum Gasteiger partial charge on any atom is 0.573 e. The molecule has 1 aromatic carbocycles. The van der Waals surface area contributed by atoms with Crippen LogP contribution in [0.5, 0.6) is 5.75 Å². The third-order valence-electron chi connectivity index (χ3n) is 4.97. The number of nitrogens with zero attached hydrogens (tertiary/aromatic N) is 3. The third kappa shape index (κ3) is 5.04. The number of benzene rings is 1. The van der Waals surface area contributed by atoms with Crippen LogP contribution in [-0.2, 0) is 13.0 Å². The van der Waals surface area contributed by atoms with E-state index in [-0.39, 0.29) is 18.2 Å². The molecule has 0 spiro atoms. The van der Waals surface area contributed by atoms with E-state index in [4.69, 9.17) is 5.26 Å². The molecule has 158 valence electrons. The van der Waals surface area contributed by atoms with Crippen LogP contribution in [0.1, 0.15) is 28.2 Å². The lowest BCUT2D eigenvalue weighted by atomic mass is 9.95. The molecule has 0 amide bonds. The van der Waals surface area contributed by atoms with Crippen LogP contribution < -0.4 is 15.4 Å². The predicted molar refractivity (Wildman–Crippen MR) is 109 cm³/mol. The number of fused-ring (bicyclic) bond motifs is 1. The van der Waals surface area contributed by atoms with Gasteiger partial charge in [0.2, 0.25) is 0 Å². The van der Waals surface area contributed by atoms with Gasteiger partial charge in [-0.2, -0.15) is 5.26 Å². The Labute approximate surface area is 176 Å². The summed E-state index contributed by atoms with van der Waals surface area (Å²) in [6.07, 6.45) is -0.729. The number of rotatable bonds is 6. The second kappa shape index (κ2) is 8.52. The monoisotopic (exact) mass is 425 g/mol. The Morgan fingerprint density at radius 3 is 2.74 bits per heavy atom. The SMILES string of the molecule is N#Cc1cnc2c(c1)C(Cc1ccc(NCc3ccccc3OC(F)(F)F)nc1)CN2. The van der Waals surface area contributed by atoms with Gasteiger partial charge in [-0.15, -0.1) is 13.2 Å². The van der Waals surface area contributed by atoms with E-state index in [1.807, 2.05) is 12.1 Å². The van der Waals surface area contributed by atoms with Gasteiger partial charge in [0, 0.05) is 42.5 Å². The summed E-state index contributed by atoms with van der Waals surface area (Å²) in [4.78, 5) is 8.65. The van der Waals surface area contributed by atoms with Crippen molar-refractivity contribution in [2.75, 3.05) is 17.2 Å². The minimum Gasteiger partial charge on any atom is -0.405 e. The Hall–Kier alpha value is -3.80. The van der Waals surface area contributed by atoms with Crippen molar-refractivity contribution in [3.8, 4) is 11.8 Å². The first-order chi connectivity index (χ1) is 14.9. The summed E-state index contributed by atoms with van der Waals surface area (Å²) in [6, 6.07) is 13.7. The number of nitriles is 1. The van der Waals surface area contributed by atoms with E-state index in [0.717, 1.165) is 29.9 Å². The average Bonchev–Trinajstić information content (AvgIpc) is 3.15. The van der Waals surface area contributed by atoms with Crippen LogP contribution in [0.25, 0.3) is 0 Å². The zero-order valence-electron chi connectivity index (χ0n) is 16.3. The summed E-state index contributed by atoms with van der Waals surface area (Å²) in [5, 5.41) is 15.4. The highest BCUT2D eigenvalue weighted by Gasteiger charge is 2.32. The highest BCUT2D eigenvalue weighted by molar-refractivity contribution is 5.55. The first-order valence-corrected chi connectivity index (χ1v) is 9.57. The van der Waals surface area contributed by atoms with Gasteiger partial charge in [0.1, 0.15) is 23.5 Å². The van der Waals surface area contributed by atoms with Crippen molar-refractivity contribution in [3.05, 3.63) is 77.1 Å². The quantitative estimate of drug-likeness (QED) is 0.600. The van der Waals surface area contributed by atoms with Crippen molar-refractivity contribution in [1.82, 2.24) is 9.97 Å². The van der Waals surface area contributed by atoms with Crippen LogP contribution in [-0.4, -0.2) is 22.9 Å². The molecule has 1 unspecified atom stereocenters. The maximum atomic E-state index is 12.6. The molecule has 0 fully saturated rings. The van der Waals surface area contributed by atoms with Gasteiger partial charge in [-0.25, -0.2) is 9.97 Å². The molecule has 31 heavy (non-hydrogen) atoms. The van der Waals surface area contributed by atoms with Crippen LogP contribution in [0, 0.1) is 11.3 Å². The number of aromatic nitrogens is 2. The standard InChI is InChI=1S/C22H18F3N5O/c23-22(24,25)31-19-4-2-1-3-16(19)12-28-20-6-5-14(10-27-20)7-17-13-30-21-18(17)8-15(9-26)11-29-21/h1-6,8,10-11,17H,7,12-13H2,(H,27,28)(H,29,30). The highest BCUT2D eigenvalue weighted by Crippen LogP contribution is 2.33. The molecule has 1 aliphatic rings. The van der Waals surface area contributed by atoms with E-state index in [0.29, 0.717) is 16.9 Å². The van der Waals surface area contributed by atoms with E-state index in [1.165, 1.54) is 12.1 Å². The lowest BCUT2D eigenvalue weighted by molar-refractivity contribution is -0.274. The van der Waals surface area contributed by atoms with Crippen molar-refractivity contribution in [2.24, 2.45) is 0 Å². The molecule has 0 saturated carbocycles. The van der Waals surface area contributed by atoms with Crippen LogP contribution in [0.4, 0.5) is 24.8 Å². The maximum absolute atomic E-state index is 12.6. The summed E-state index contributed by atoms with van der Waals surface area (Å²) in [6.45, 7) is 0.869. The molecule has 6 nitrogen and oxygen atoms in total. The molecule has 3 aromatic rings. The van der Waals surface area contributed by atoms with E-state index >= 15 is 0 Å². The molecule has 0 saturated heterocycles. The third-order valence-corrected chi connectivity index (χ3v) is 4.97. The second-order valence-corrected chi connectivity index (χ2v) is 7.12. The van der Waals surface area contributed by atoms with Crippen molar-refractivity contribution in [1.29, 1.82) is 5.26 Å². The number of hydrogen-bond donors (Lipinski definition) is 2. The number of alkyl halides is 3. The second-order valence-electron chi connectivity index (χ2n) is 7.12. The van der Waals surface area contributed by atoms with Crippen molar-refractivity contribution < 1.29 is 17.9 Å². The first kappa shape index (κ1) is 20.5. The molecule has 1 atom stereocenters. The summed E-state index contributed by atoms with van der Waals surface area (Å²) < 4.78 is 41.7. The van der Waals surface area contributed by atoms with E-state index in [2.05, 4.69) is 31.4 Å². The zero-order valence-corrected chi connectivity index (χ0v) is 16.3. The smallest absolute Gasteiger partial charge is 0.405 e. The fourth-order valence-corrected chi connectivity index (χ4v) is 3.51. The molecule has 2 aromatic heterocycles. The molecule has 1 aliphatic heterocycles. The Kier molecular flexibility index (Phi) is 5.62. The molecular weight excluding hydrogens is 407 g/mol. The van der Waals surface area contributed by atoms with Gasteiger partial charge >= 0.3 is 6.36 Å². The molecule has 4 rings (SSSR count). The van der Waals surface area contributed by atoms with Crippen LogP contribution in [0.3, 0.4) is 0 Å². The summed E-state index contributed by atoms with van der Waals surface area (Å²) >= 11 is 0. The number of anilines is 2. The number of nitrogens with one attached hydrogen (secondary N) is 2. The summed E-state index contributed by atoms with van der Waals surface area (Å²) in [5.41, 5.74) is 2.93. The van der Waals surface area contributed by atoms with Crippen LogP contribution >= 0.6 is 0 Å². The number of para-hydroxylation sites is 1. The normalized spacial score (nSPS) is 15.0. The largest absolute Gasteiger partial charge is 0.573 e. The molecule has 0 radical (unpaired) electrons. The first-order valence-electron chi connectivity index (χ1n) is 9.57. The Morgan fingerprint density at radius 2 is 2.00 bits per heavy atom. The lowest BCUT2D eigenvalue weighted by Gasteiger charge is -2.14. The van der Waals surface area contributed by atoms with E-state index in [1.54, 1.807) is 30.6 Å². The van der Waals surface area contributed by atoms with Gasteiger partial charge < -0.3 is 15.4 Å². The van der Waals surface area contributed by atoms with Crippen molar-refractivity contribution in [2.45, 2.75) is 25.2 Å². The van der Waals surface area contributed by atoms with Gasteiger partial charge in [0.05, 0.1) is 5.56 Å². The van der Waals surface area contributed by atoms with Crippen molar-refractivity contribution >= 4 is 11.6 Å². The molecular formula is C22H18F3N5O. The van der Waals surface area contributed by atoms with Gasteiger partial charge in [-0.3, -0.25) is 0 Å². The van der Waals surface area contributed by atoms with E-state index < -0.39 is 6.36 Å². The minimum atomic E-state index is -4.74. The fraction of sp³-hybridized carbons (Fsp3) is 0.227. The Morgan fingerprint density at radius 1 is 1.16 bits per heavy atom. The van der Waals surface area contributed by atoms with Crippen LogP contribution in [0.2, 0.25) is 0 Å². The zero-order chi connectivity index (χ0) is 21.8. The van der Waals surface area contributed by atoms with Gasteiger partial charge in [-0.05, 0) is 30.2 Å². The molecule has 2 N–H and O–H groups in total. The molecule has 3 heterocycles. The predicted octanol–water partition coefficient (Wildman–Crippen LogP) is 4.61. The number of ether oxygens (including phenoxy) is 1. The van der Waals surface area contributed by atoms with Crippen LogP contribution in [0.15, 0.2) is 54.9 Å². The Bertz CT molecular complexity index is 1110. The van der Waals surface area contributed by atoms with E-state index in [9.17, 15) is 13.2 Å². The Balaban J connectivity index is 1.39. The minimum absolute atomic E-state index is 0.140. The highest BCUT2D eigenvalue weighted by atomic mass is 19.4. The van der Waals surface area contributed by atoms with Gasteiger partial charge in [-0.1, -0.05) is 24.3 Å².